The van der Waals surface area contributed by atoms with Crippen molar-refractivity contribution in [1.29, 1.82) is 0 Å². The lowest BCUT2D eigenvalue weighted by Crippen LogP contribution is -2.02. The van der Waals surface area contributed by atoms with E-state index in [1.165, 1.54) is 39.5 Å². The molecule has 18 nitrogen and oxygen atoms in total. The van der Waals surface area contributed by atoms with Crippen molar-refractivity contribution < 1.29 is 86.0 Å². The Morgan fingerprint density at radius 1 is 0.417 bits per heavy atom. The van der Waals surface area contributed by atoms with E-state index >= 15 is 0 Å². The van der Waals surface area contributed by atoms with Gasteiger partial charge in [0.2, 0.25) is 0 Å². The average Bonchev–Trinajstić information content (AvgIpc) is 2.92. The minimum atomic E-state index is -4.35. The van der Waals surface area contributed by atoms with E-state index in [1.54, 1.807) is 19.9 Å². The standard InChI is InChI=1S/C10H15BrO7P2.C10H16O7P2.C10H15O4P.6CH4/c1-6-3-7(4-19(12,13)14)10(18-2)8(9(6)11)5-20(15,16)17;1-7-3-8(5-18(11,12)13)10(17-2)9(4-7)6-19(14,15)16;1-7-4-8(2)10(14-3)9(5-7)6-15(11,12)13;;;;;;/h3H,4-5H2,1-2H3,(H2,12,13,14)(H2,15,16,17);3-4H,5-6H2,1-2H3,(H2,11,12,13)(H2,14,15,16);4-5H,6H2,1-3H3,(H2,11,12,13);6*1H4. The van der Waals surface area contributed by atoms with Crippen molar-refractivity contribution >= 4 is 53.9 Å². The highest BCUT2D eigenvalue weighted by molar-refractivity contribution is 9.10. The van der Waals surface area contributed by atoms with Gasteiger partial charge in [-0.15, -0.1) is 0 Å². The quantitative estimate of drug-likeness (QED) is 0.0713. The molecule has 0 aliphatic heterocycles. The molecule has 60 heavy (non-hydrogen) atoms. The summed E-state index contributed by atoms with van der Waals surface area (Å²) in [5.74, 6) is 0.746. The fourth-order valence-electron chi connectivity index (χ4n) is 5.41. The van der Waals surface area contributed by atoms with Crippen molar-refractivity contribution in [3.05, 3.63) is 84.9 Å². The van der Waals surface area contributed by atoms with Gasteiger partial charge in [-0.3, -0.25) is 22.8 Å². The van der Waals surface area contributed by atoms with Gasteiger partial charge in [-0.1, -0.05) is 102 Å². The normalized spacial score (nSPS) is 11.0. The Kier molecular flexibility index (Phi) is 32.8. The van der Waals surface area contributed by atoms with E-state index < -0.39 is 62.6 Å². The molecule has 0 aliphatic rings. The second kappa shape index (κ2) is 28.2. The van der Waals surface area contributed by atoms with Crippen LogP contribution in [0.1, 0.15) is 94.6 Å². The lowest BCUT2D eigenvalue weighted by Gasteiger charge is -2.18. The van der Waals surface area contributed by atoms with E-state index in [0.717, 1.165) is 11.1 Å². The Morgan fingerprint density at radius 2 is 0.683 bits per heavy atom. The summed E-state index contributed by atoms with van der Waals surface area (Å²) < 4.78 is 71.1. The summed E-state index contributed by atoms with van der Waals surface area (Å²) in [5, 5.41) is 0. The predicted octanol–water partition coefficient (Wildman–Crippen LogP) is 9.29. The maximum atomic E-state index is 11.2. The molecule has 0 amide bonds. The highest BCUT2D eigenvalue weighted by Crippen LogP contribution is 2.50. The van der Waals surface area contributed by atoms with Gasteiger partial charge >= 0.3 is 38.0 Å². The maximum absolute atomic E-state index is 11.2. The van der Waals surface area contributed by atoms with Crippen LogP contribution in [0.15, 0.2) is 34.8 Å². The Balaban J connectivity index is -0.000000175. The largest absolute Gasteiger partial charge is 0.496 e. The zero-order valence-corrected chi connectivity index (χ0v) is 36.3. The summed E-state index contributed by atoms with van der Waals surface area (Å²) >= 11 is 3.22. The summed E-state index contributed by atoms with van der Waals surface area (Å²) in [5.41, 5.74) is 4.55. The molecular formula is C36H70BrO18P5. The predicted molar refractivity (Wildman–Crippen MR) is 245 cm³/mol. The number of halogens is 1. The first-order chi connectivity index (χ1) is 24.3. The molecular weight excluding hydrogens is 955 g/mol. The fourth-order valence-corrected chi connectivity index (χ4v) is 9.49. The molecule has 0 saturated carbocycles. The van der Waals surface area contributed by atoms with Crippen LogP contribution in [0.2, 0.25) is 0 Å². The van der Waals surface area contributed by atoms with Crippen molar-refractivity contribution in [2.45, 2.75) is 103 Å². The van der Waals surface area contributed by atoms with Gasteiger partial charge in [0.1, 0.15) is 17.2 Å². The Bertz CT molecular complexity index is 1980. The zero-order chi connectivity index (χ0) is 42.2. The topological polar surface area (TPSA) is 315 Å². The third-order valence-electron chi connectivity index (χ3n) is 6.93. The molecule has 3 aromatic carbocycles. The van der Waals surface area contributed by atoms with Crippen LogP contribution in [0, 0.1) is 27.7 Å². The molecule has 0 saturated heterocycles. The minimum Gasteiger partial charge on any atom is -0.496 e. The SMILES string of the molecule is C.C.C.C.C.C.COc1c(C)cc(C)cc1CP(=O)(O)O.COc1c(CP(=O)(O)O)cc(C)c(Br)c1CP(=O)(O)O.COc1c(CP(=O)(O)O)cc(C)cc1CP(=O)(O)O. The lowest BCUT2D eigenvalue weighted by atomic mass is 10.1. The molecule has 0 fully saturated rings. The van der Waals surface area contributed by atoms with Gasteiger partial charge in [0.25, 0.3) is 0 Å². The summed E-state index contributed by atoms with van der Waals surface area (Å²) in [4.78, 5) is 90.2. The average molecular weight is 1030 g/mol. The van der Waals surface area contributed by atoms with E-state index in [2.05, 4.69) is 15.9 Å². The third-order valence-corrected chi connectivity index (χ3v) is 11.8. The molecule has 0 radical (unpaired) electrons. The van der Waals surface area contributed by atoms with E-state index in [1.807, 2.05) is 19.9 Å². The van der Waals surface area contributed by atoms with Crippen LogP contribution in [-0.2, 0) is 53.6 Å². The smallest absolute Gasteiger partial charge is 0.330 e. The van der Waals surface area contributed by atoms with Gasteiger partial charge in [-0.25, -0.2) is 0 Å². The highest BCUT2D eigenvalue weighted by Gasteiger charge is 2.27. The molecule has 0 aromatic heterocycles. The molecule has 0 unspecified atom stereocenters. The summed E-state index contributed by atoms with van der Waals surface area (Å²) in [6, 6.07) is 8.24. The van der Waals surface area contributed by atoms with E-state index in [9.17, 15) is 22.8 Å². The van der Waals surface area contributed by atoms with Crippen LogP contribution in [0.25, 0.3) is 0 Å². The van der Waals surface area contributed by atoms with Crippen LogP contribution in [-0.4, -0.2) is 70.3 Å². The molecule has 0 atom stereocenters. The van der Waals surface area contributed by atoms with Gasteiger partial charge in [-0.2, -0.15) is 0 Å². The highest BCUT2D eigenvalue weighted by atomic mass is 79.9. The van der Waals surface area contributed by atoms with Gasteiger partial charge in [0.15, 0.2) is 0 Å². The van der Waals surface area contributed by atoms with Gasteiger partial charge in [-0.05, 0) is 38.8 Å². The van der Waals surface area contributed by atoms with Gasteiger partial charge in [0, 0.05) is 32.3 Å². The first kappa shape index (κ1) is 70.0. The first-order valence-electron chi connectivity index (χ1n) is 15.2. The van der Waals surface area contributed by atoms with Crippen molar-refractivity contribution in [1.82, 2.24) is 0 Å². The van der Waals surface area contributed by atoms with Crippen LogP contribution in [0.5, 0.6) is 17.2 Å². The minimum absolute atomic E-state index is 0. The molecule has 0 spiro atoms. The number of aryl methyl sites for hydroxylation is 4. The molecule has 3 aromatic rings. The van der Waals surface area contributed by atoms with Crippen molar-refractivity contribution in [2.75, 3.05) is 21.3 Å². The molecule has 0 heterocycles. The lowest BCUT2D eigenvalue weighted by molar-refractivity contribution is 0.363. The number of rotatable bonds is 13. The van der Waals surface area contributed by atoms with Crippen LogP contribution in [0.3, 0.4) is 0 Å². The summed E-state index contributed by atoms with van der Waals surface area (Å²) in [6.45, 7) is 7.08. The van der Waals surface area contributed by atoms with Crippen LogP contribution >= 0.6 is 53.9 Å². The molecule has 0 bridgehead atoms. The van der Waals surface area contributed by atoms with Gasteiger partial charge < -0.3 is 63.1 Å². The monoisotopic (exact) mass is 1020 g/mol. The van der Waals surface area contributed by atoms with E-state index in [4.69, 9.17) is 63.1 Å². The Morgan fingerprint density at radius 3 is 0.967 bits per heavy atom. The third kappa shape index (κ3) is 26.0. The summed E-state index contributed by atoms with van der Waals surface area (Å²) in [7, 11) is -17.2. The maximum Gasteiger partial charge on any atom is 0.330 e. The van der Waals surface area contributed by atoms with Crippen molar-refractivity contribution in [3.63, 3.8) is 0 Å². The number of benzene rings is 3. The van der Waals surface area contributed by atoms with Crippen LogP contribution < -0.4 is 14.2 Å². The number of ether oxygens (including phenoxy) is 3. The molecule has 3 rings (SSSR count). The van der Waals surface area contributed by atoms with E-state index in [0.29, 0.717) is 26.9 Å². The Labute approximate surface area is 365 Å². The van der Waals surface area contributed by atoms with E-state index in [-0.39, 0.29) is 84.5 Å². The number of hydrogen-bond donors (Lipinski definition) is 10. The van der Waals surface area contributed by atoms with Gasteiger partial charge in [0.05, 0.1) is 52.1 Å². The molecule has 24 heteroatoms. The summed E-state index contributed by atoms with van der Waals surface area (Å²) in [6.07, 6.45) is -2.48. The number of hydrogen-bond acceptors (Lipinski definition) is 8. The van der Waals surface area contributed by atoms with Crippen molar-refractivity contribution in [2.24, 2.45) is 0 Å². The second-order valence-electron chi connectivity index (χ2n) is 12.2. The van der Waals surface area contributed by atoms with Crippen molar-refractivity contribution in [3.8, 4) is 17.2 Å². The number of methoxy groups -OCH3 is 3. The Hall–Kier alpha value is -1.71. The second-order valence-corrected chi connectivity index (χ2v) is 21.2. The van der Waals surface area contributed by atoms with Crippen LogP contribution in [0.4, 0.5) is 0 Å². The molecule has 354 valence electrons. The zero-order valence-electron chi connectivity index (χ0n) is 30.3. The molecule has 0 aliphatic carbocycles. The molecule has 10 N–H and O–H groups in total. The first-order valence-corrected chi connectivity index (χ1v) is 25.0. The fraction of sp³-hybridized carbons (Fsp3) is 0.500.